The number of benzene rings is 1. The van der Waals surface area contributed by atoms with E-state index < -0.39 is 6.17 Å². The number of phenolic OH excluding ortho intramolecular Hbond substituents is 1. The fourth-order valence-corrected chi connectivity index (χ4v) is 2.00. The van der Waals surface area contributed by atoms with E-state index in [4.69, 9.17) is 9.47 Å². The van der Waals surface area contributed by atoms with Gasteiger partial charge in [-0.15, -0.1) is 0 Å². The van der Waals surface area contributed by atoms with Crippen LogP contribution in [0.25, 0.3) is 0 Å². The summed E-state index contributed by atoms with van der Waals surface area (Å²) in [5.74, 6) is 0.767. The minimum absolute atomic E-state index is 0.130. The molecule has 0 radical (unpaired) electrons. The van der Waals surface area contributed by atoms with Crippen molar-refractivity contribution >= 4 is 15.9 Å². The van der Waals surface area contributed by atoms with Crippen LogP contribution in [0.5, 0.6) is 17.2 Å². The highest BCUT2D eigenvalue weighted by Gasteiger charge is 2.23. The van der Waals surface area contributed by atoms with Gasteiger partial charge in [0.05, 0.1) is 0 Å². The summed E-state index contributed by atoms with van der Waals surface area (Å²) in [7, 11) is 0. The number of phenols is 1. The largest absolute Gasteiger partial charge is 0.506 e. The average Bonchev–Trinajstić information content (AvgIpc) is 2.23. The Morgan fingerprint density at radius 1 is 1.47 bits per heavy atom. The zero-order valence-corrected chi connectivity index (χ0v) is 9.67. The third kappa shape index (κ3) is 1.76. The van der Waals surface area contributed by atoms with E-state index in [1.54, 1.807) is 0 Å². The van der Waals surface area contributed by atoms with Gasteiger partial charge < -0.3 is 14.6 Å². The number of ether oxygens (including phenoxy) is 2. The topological polar surface area (TPSA) is 38.7 Å². The maximum Gasteiger partial charge on any atom is 0.179 e. The molecule has 3 nitrogen and oxygen atoms in total. The standard InChI is InChI=1S/C10H10BrFO3/c1-5(12)6-4-7-10(8(11)9(6)13)15-3-2-14-7/h4-5,13H,2-3H2,1H3. The van der Waals surface area contributed by atoms with E-state index in [1.807, 2.05) is 0 Å². The quantitative estimate of drug-likeness (QED) is 0.857. The molecule has 1 atom stereocenters. The van der Waals surface area contributed by atoms with Gasteiger partial charge in [0.1, 0.15) is 29.6 Å². The van der Waals surface area contributed by atoms with Crippen molar-refractivity contribution < 1.29 is 19.0 Å². The molecule has 1 heterocycles. The molecule has 0 spiro atoms. The second kappa shape index (κ2) is 3.89. The molecule has 0 saturated heterocycles. The Morgan fingerprint density at radius 2 is 2.13 bits per heavy atom. The van der Waals surface area contributed by atoms with Crippen molar-refractivity contribution in [1.29, 1.82) is 0 Å². The summed E-state index contributed by atoms with van der Waals surface area (Å²) in [6.07, 6.45) is -1.25. The van der Waals surface area contributed by atoms with E-state index >= 15 is 0 Å². The van der Waals surface area contributed by atoms with Crippen LogP contribution >= 0.6 is 15.9 Å². The van der Waals surface area contributed by atoms with Crippen molar-refractivity contribution in [2.45, 2.75) is 13.1 Å². The first-order valence-electron chi connectivity index (χ1n) is 4.56. The van der Waals surface area contributed by atoms with Crippen molar-refractivity contribution in [3.05, 3.63) is 16.1 Å². The molecular formula is C10H10BrFO3. The van der Waals surface area contributed by atoms with Crippen molar-refractivity contribution in [3.8, 4) is 17.2 Å². The van der Waals surface area contributed by atoms with Gasteiger partial charge in [0.15, 0.2) is 11.5 Å². The molecule has 82 valence electrons. The monoisotopic (exact) mass is 276 g/mol. The Morgan fingerprint density at radius 3 is 2.80 bits per heavy atom. The van der Waals surface area contributed by atoms with Gasteiger partial charge in [-0.2, -0.15) is 0 Å². The summed E-state index contributed by atoms with van der Waals surface area (Å²) in [5.41, 5.74) is 0.200. The van der Waals surface area contributed by atoms with Crippen LogP contribution < -0.4 is 9.47 Å². The van der Waals surface area contributed by atoms with Crippen LogP contribution in [0, 0.1) is 0 Å². The highest BCUT2D eigenvalue weighted by molar-refractivity contribution is 9.10. The van der Waals surface area contributed by atoms with Gasteiger partial charge >= 0.3 is 0 Å². The predicted octanol–water partition coefficient (Wildman–Crippen LogP) is 2.96. The first-order valence-corrected chi connectivity index (χ1v) is 5.35. The molecule has 2 rings (SSSR count). The van der Waals surface area contributed by atoms with Gasteiger partial charge in [0.25, 0.3) is 0 Å². The lowest BCUT2D eigenvalue weighted by atomic mass is 10.1. The Labute approximate surface area is 94.9 Å². The summed E-state index contributed by atoms with van der Waals surface area (Å²) in [5, 5.41) is 9.70. The summed E-state index contributed by atoms with van der Waals surface area (Å²) in [4.78, 5) is 0. The SMILES string of the molecule is CC(F)c1cc2c(c(Br)c1O)OCCO2. The van der Waals surface area contributed by atoms with Gasteiger partial charge in [-0.1, -0.05) is 0 Å². The Balaban J connectivity index is 2.57. The van der Waals surface area contributed by atoms with Crippen LogP contribution in [0.4, 0.5) is 4.39 Å². The van der Waals surface area contributed by atoms with Crippen LogP contribution in [-0.4, -0.2) is 18.3 Å². The van der Waals surface area contributed by atoms with Crippen LogP contribution in [0.2, 0.25) is 0 Å². The molecule has 0 fully saturated rings. The van der Waals surface area contributed by atoms with Gasteiger partial charge in [-0.05, 0) is 28.9 Å². The number of fused-ring (bicyclic) bond motifs is 1. The van der Waals surface area contributed by atoms with E-state index in [0.29, 0.717) is 29.2 Å². The first-order chi connectivity index (χ1) is 7.11. The lowest BCUT2D eigenvalue weighted by molar-refractivity contribution is 0.168. The zero-order chi connectivity index (χ0) is 11.0. The fourth-order valence-electron chi connectivity index (χ4n) is 1.46. The minimum atomic E-state index is -1.25. The molecule has 0 aromatic heterocycles. The highest BCUT2D eigenvalue weighted by atomic mass is 79.9. The molecule has 5 heteroatoms. The number of halogens is 2. The third-order valence-corrected chi connectivity index (χ3v) is 2.94. The fraction of sp³-hybridized carbons (Fsp3) is 0.400. The molecule has 1 N–H and O–H groups in total. The lowest BCUT2D eigenvalue weighted by Gasteiger charge is -2.21. The molecule has 0 amide bonds. The van der Waals surface area contributed by atoms with E-state index in [-0.39, 0.29) is 11.3 Å². The van der Waals surface area contributed by atoms with Crippen LogP contribution in [0.1, 0.15) is 18.7 Å². The minimum Gasteiger partial charge on any atom is -0.506 e. The van der Waals surface area contributed by atoms with Crippen molar-refractivity contribution in [2.24, 2.45) is 0 Å². The lowest BCUT2D eigenvalue weighted by Crippen LogP contribution is -2.16. The average molecular weight is 277 g/mol. The molecule has 1 aliphatic rings. The smallest absolute Gasteiger partial charge is 0.179 e. The summed E-state index contributed by atoms with van der Waals surface area (Å²) in [6.45, 7) is 2.22. The Kier molecular flexibility index (Phi) is 2.73. The number of alkyl halides is 1. The number of aromatic hydroxyl groups is 1. The highest BCUT2D eigenvalue weighted by Crippen LogP contribution is 2.47. The maximum absolute atomic E-state index is 13.2. The van der Waals surface area contributed by atoms with Crippen LogP contribution in [0.3, 0.4) is 0 Å². The third-order valence-electron chi connectivity index (χ3n) is 2.21. The number of rotatable bonds is 1. The second-order valence-corrected chi connectivity index (χ2v) is 4.06. The second-order valence-electron chi connectivity index (χ2n) is 3.27. The van der Waals surface area contributed by atoms with E-state index in [1.165, 1.54) is 13.0 Å². The molecule has 0 aliphatic carbocycles. The predicted molar refractivity (Wildman–Crippen MR) is 56.3 cm³/mol. The van der Waals surface area contributed by atoms with Gasteiger partial charge in [0.2, 0.25) is 0 Å². The van der Waals surface area contributed by atoms with Crippen molar-refractivity contribution in [3.63, 3.8) is 0 Å². The normalized spacial score (nSPS) is 16.2. The number of hydrogen-bond acceptors (Lipinski definition) is 3. The van der Waals surface area contributed by atoms with Gasteiger partial charge in [-0.3, -0.25) is 0 Å². The molecule has 0 saturated carbocycles. The van der Waals surface area contributed by atoms with E-state index in [0.717, 1.165) is 0 Å². The van der Waals surface area contributed by atoms with Crippen LogP contribution in [-0.2, 0) is 0 Å². The van der Waals surface area contributed by atoms with E-state index in [2.05, 4.69) is 15.9 Å². The Hall–Kier alpha value is -0.970. The molecule has 1 aromatic carbocycles. The Bertz CT molecular complexity index is 393. The van der Waals surface area contributed by atoms with Gasteiger partial charge in [0, 0.05) is 5.56 Å². The molecule has 0 bridgehead atoms. The molecular weight excluding hydrogens is 267 g/mol. The molecule has 15 heavy (non-hydrogen) atoms. The van der Waals surface area contributed by atoms with Crippen LogP contribution in [0.15, 0.2) is 10.5 Å². The first kappa shape index (κ1) is 10.5. The van der Waals surface area contributed by atoms with E-state index in [9.17, 15) is 9.50 Å². The summed E-state index contributed by atoms with van der Waals surface area (Å²) >= 11 is 3.16. The van der Waals surface area contributed by atoms with Gasteiger partial charge in [-0.25, -0.2) is 4.39 Å². The van der Waals surface area contributed by atoms with Crippen molar-refractivity contribution in [2.75, 3.05) is 13.2 Å². The molecule has 1 unspecified atom stereocenters. The van der Waals surface area contributed by atoms with Crippen molar-refractivity contribution in [1.82, 2.24) is 0 Å². The number of hydrogen-bond donors (Lipinski definition) is 1. The maximum atomic E-state index is 13.2. The summed E-state index contributed by atoms with van der Waals surface area (Å²) < 4.78 is 24.1. The summed E-state index contributed by atoms with van der Waals surface area (Å²) in [6, 6.07) is 1.47. The molecule has 1 aromatic rings. The molecule has 1 aliphatic heterocycles. The zero-order valence-electron chi connectivity index (χ0n) is 8.09.